The number of hydrogen-bond donors (Lipinski definition) is 2. The van der Waals surface area contributed by atoms with Crippen LogP contribution in [0, 0.1) is 16.2 Å². The SMILES string of the molecule is C=C[C@@H]1C[C@@]1(C(=O)N=O)N(N)C(=O)[C@@H]1C[C@@H](Oc2ccnc3cc(Cl)ccc23)CN1C(=O)[C@@H](NC(=O)OC1CCCC1)C(C)(C)C. The highest BCUT2D eigenvalue weighted by molar-refractivity contribution is 6.31. The van der Waals surface area contributed by atoms with E-state index in [2.05, 4.69) is 22.1 Å². The summed E-state index contributed by atoms with van der Waals surface area (Å²) in [5.41, 5.74) is -1.87. The van der Waals surface area contributed by atoms with Crippen LogP contribution in [0.2, 0.25) is 5.02 Å². The molecule has 4 amide bonds. The number of ether oxygens (including phenoxy) is 2. The van der Waals surface area contributed by atoms with Crippen molar-refractivity contribution in [3.63, 3.8) is 0 Å². The van der Waals surface area contributed by atoms with E-state index in [1.165, 1.54) is 11.0 Å². The minimum absolute atomic E-state index is 0.0105. The lowest BCUT2D eigenvalue weighted by molar-refractivity contribution is -0.150. The lowest BCUT2D eigenvalue weighted by atomic mass is 9.85. The van der Waals surface area contributed by atoms with Crippen molar-refractivity contribution in [3.8, 4) is 5.75 Å². The molecule has 46 heavy (non-hydrogen) atoms. The minimum atomic E-state index is -1.68. The van der Waals surface area contributed by atoms with Crippen molar-refractivity contribution in [1.82, 2.24) is 20.2 Å². The topological polar surface area (TPSA) is 174 Å². The average molecular weight is 655 g/mol. The van der Waals surface area contributed by atoms with Gasteiger partial charge in [-0.3, -0.25) is 24.4 Å². The van der Waals surface area contributed by atoms with Crippen LogP contribution in [-0.2, 0) is 19.1 Å². The second-order valence-electron chi connectivity index (χ2n) is 13.3. The summed E-state index contributed by atoms with van der Waals surface area (Å²) in [6.07, 6.45) is 4.91. The second kappa shape index (κ2) is 13.0. The van der Waals surface area contributed by atoms with Crippen LogP contribution in [0.25, 0.3) is 10.9 Å². The van der Waals surface area contributed by atoms with Gasteiger partial charge in [0, 0.05) is 34.1 Å². The Hall–Kier alpha value is -4.10. The number of alkyl carbamates (subject to hydrolysis) is 1. The van der Waals surface area contributed by atoms with Gasteiger partial charge in [-0.25, -0.2) is 10.6 Å². The number of hydrogen-bond acceptors (Lipinski definition) is 9. The molecule has 1 aromatic carbocycles. The summed E-state index contributed by atoms with van der Waals surface area (Å²) in [6, 6.07) is 4.56. The Morgan fingerprint density at radius 1 is 1.22 bits per heavy atom. The van der Waals surface area contributed by atoms with Gasteiger partial charge in [-0.05, 0) is 61.8 Å². The maximum atomic E-state index is 14.3. The number of nitroso groups, excluding NO2 is 1. The maximum absolute atomic E-state index is 14.3. The molecule has 14 heteroatoms. The van der Waals surface area contributed by atoms with E-state index in [0.717, 1.165) is 25.7 Å². The number of rotatable bonds is 9. The summed E-state index contributed by atoms with van der Waals surface area (Å²) >= 11 is 6.15. The lowest BCUT2D eigenvalue weighted by Gasteiger charge is -2.36. The summed E-state index contributed by atoms with van der Waals surface area (Å²) in [7, 11) is 0. The number of nitrogens with zero attached hydrogens (tertiary/aromatic N) is 4. The number of likely N-dealkylation sites (tertiary alicyclic amines) is 1. The number of benzene rings is 1. The van der Waals surface area contributed by atoms with Crippen LogP contribution in [0.15, 0.2) is 48.3 Å². The van der Waals surface area contributed by atoms with E-state index < -0.39 is 58.9 Å². The summed E-state index contributed by atoms with van der Waals surface area (Å²) in [5, 5.41) is 7.19. The molecule has 3 aliphatic rings. The average Bonchev–Trinajstić information content (AvgIpc) is 3.29. The van der Waals surface area contributed by atoms with Crippen molar-refractivity contribution in [2.45, 2.75) is 89.1 Å². The second-order valence-corrected chi connectivity index (χ2v) is 13.7. The van der Waals surface area contributed by atoms with Gasteiger partial charge in [0.15, 0.2) is 0 Å². The van der Waals surface area contributed by atoms with Crippen LogP contribution in [0.3, 0.4) is 0 Å². The molecule has 1 aliphatic heterocycles. The quantitative estimate of drug-likeness (QED) is 0.132. The number of carbonyl (C=O) groups excluding carboxylic acids is 4. The number of halogens is 1. The largest absolute Gasteiger partial charge is 0.488 e. The van der Waals surface area contributed by atoms with E-state index in [0.29, 0.717) is 26.7 Å². The predicted molar refractivity (Wildman–Crippen MR) is 169 cm³/mol. The molecule has 3 N–H and O–H groups in total. The van der Waals surface area contributed by atoms with Gasteiger partial charge in [-0.15, -0.1) is 11.5 Å². The standard InChI is InChI=1S/C32H39ClN6O7/c1-5-18-16-32(18,29(42)37-44)39(34)27(40)24-15-21(45-25-12-13-35-23-14-19(33)10-11-22(23)25)17-38(24)28(41)26(31(2,3)4)36-30(43)46-20-8-6-7-9-20/h5,10-14,18,20-21,24,26H,1,6-9,15-17,34H2,2-4H3,(H,36,43)/t18-,21-,24+,26-,32-/m1/s1. The summed E-state index contributed by atoms with van der Waals surface area (Å²) in [6.45, 7) is 9.01. The van der Waals surface area contributed by atoms with E-state index >= 15 is 0 Å². The Labute approximate surface area is 271 Å². The first-order valence-corrected chi connectivity index (χ1v) is 15.8. The zero-order valence-corrected chi connectivity index (χ0v) is 26.9. The van der Waals surface area contributed by atoms with E-state index in [1.54, 1.807) is 51.2 Å². The Bertz CT molecular complexity index is 1560. The van der Waals surface area contributed by atoms with Gasteiger partial charge >= 0.3 is 12.0 Å². The van der Waals surface area contributed by atoms with Crippen molar-refractivity contribution in [2.24, 2.45) is 22.4 Å². The maximum Gasteiger partial charge on any atom is 0.408 e. The fourth-order valence-electron chi connectivity index (χ4n) is 6.48. The number of nitrogens with two attached hydrogens (primary N) is 1. The molecule has 246 valence electrons. The molecule has 2 aromatic rings. The van der Waals surface area contributed by atoms with Crippen LogP contribution >= 0.6 is 11.6 Å². The van der Waals surface area contributed by atoms with Crippen molar-refractivity contribution >= 4 is 46.3 Å². The number of carbonyl (C=O) groups is 4. The molecule has 3 fully saturated rings. The molecule has 13 nitrogen and oxygen atoms in total. The summed E-state index contributed by atoms with van der Waals surface area (Å²) in [5.74, 6) is 3.76. The molecule has 0 spiro atoms. The molecular formula is C32H39ClN6O7. The molecule has 1 saturated heterocycles. The smallest absolute Gasteiger partial charge is 0.408 e. The van der Waals surface area contributed by atoms with E-state index in [9.17, 15) is 24.1 Å². The fourth-order valence-corrected chi connectivity index (χ4v) is 6.64. The van der Waals surface area contributed by atoms with Crippen molar-refractivity contribution in [1.29, 1.82) is 0 Å². The van der Waals surface area contributed by atoms with Crippen molar-refractivity contribution in [3.05, 3.63) is 53.0 Å². The predicted octanol–water partition coefficient (Wildman–Crippen LogP) is 4.26. The molecule has 0 unspecified atom stereocenters. The zero-order chi connectivity index (χ0) is 33.4. The molecular weight excluding hydrogens is 616 g/mol. The normalized spacial score (nSPS) is 25.1. The van der Waals surface area contributed by atoms with E-state index in [1.807, 2.05) is 0 Å². The Kier molecular flexibility index (Phi) is 9.37. The first-order chi connectivity index (χ1) is 21.8. The third kappa shape index (κ3) is 6.43. The van der Waals surface area contributed by atoms with Crippen LogP contribution in [0.1, 0.15) is 59.3 Å². The summed E-state index contributed by atoms with van der Waals surface area (Å²) < 4.78 is 11.9. The number of fused-ring (bicyclic) bond motifs is 1. The van der Waals surface area contributed by atoms with Gasteiger partial charge in [0.05, 0.1) is 12.1 Å². The van der Waals surface area contributed by atoms with Gasteiger partial charge in [0.25, 0.3) is 5.91 Å². The number of amides is 4. The monoisotopic (exact) mass is 654 g/mol. The van der Waals surface area contributed by atoms with Gasteiger partial charge < -0.3 is 19.7 Å². The first-order valence-electron chi connectivity index (χ1n) is 15.4. The highest BCUT2D eigenvalue weighted by atomic mass is 35.5. The van der Waals surface area contributed by atoms with Crippen LogP contribution in [-0.4, -0.2) is 75.1 Å². The molecule has 2 heterocycles. The first kappa shape index (κ1) is 33.3. The Balaban J connectivity index is 1.45. The van der Waals surface area contributed by atoms with Gasteiger partial charge in [0.2, 0.25) is 5.91 Å². The molecule has 0 bridgehead atoms. The summed E-state index contributed by atoms with van der Waals surface area (Å²) in [4.78, 5) is 70.9. The molecule has 1 aromatic heterocycles. The van der Waals surface area contributed by atoms with Crippen molar-refractivity contribution < 1.29 is 28.7 Å². The fraction of sp³-hybridized carbons (Fsp3) is 0.531. The molecule has 0 radical (unpaired) electrons. The molecule has 2 saturated carbocycles. The van der Waals surface area contributed by atoms with Crippen LogP contribution in [0.5, 0.6) is 5.75 Å². The van der Waals surface area contributed by atoms with Crippen LogP contribution < -0.4 is 15.9 Å². The number of hydrazine groups is 1. The third-order valence-corrected chi connectivity index (χ3v) is 9.36. The highest BCUT2D eigenvalue weighted by Gasteiger charge is 2.65. The third-order valence-electron chi connectivity index (χ3n) is 9.13. The van der Waals surface area contributed by atoms with Gasteiger partial charge in [-0.1, -0.05) is 38.4 Å². The van der Waals surface area contributed by atoms with E-state index in [-0.39, 0.29) is 25.5 Å². The number of nitrogens with one attached hydrogen (secondary N) is 1. The Morgan fingerprint density at radius 3 is 2.57 bits per heavy atom. The van der Waals surface area contributed by atoms with Gasteiger partial charge in [-0.2, -0.15) is 0 Å². The van der Waals surface area contributed by atoms with Crippen molar-refractivity contribution in [2.75, 3.05) is 6.54 Å². The highest BCUT2D eigenvalue weighted by Crippen LogP contribution is 2.49. The van der Waals surface area contributed by atoms with E-state index in [4.69, 9.17) is 26.9 Å². The number of pyridine rings is 1. The van der Waals surface area contributed by atoms with Crippen LogP contribution in [0.4, 0.5) is 4.79 Å². The molecule has 5 atom stereocenters. The zero-order valence-electron chi connectivity index (χ0n) is 26.1. The van der Waals surface area contributed by atoms with Gasteiger partial charge in [0.1, 0.15) is 35.6 Å². The molecule has 2 aliphatic carbocycles. The lowest BCUT2D eigenvalue weighted by Crippen LogP contribution is -2.61. The minimum Gasteiger partial charge on any atom is -0.488 e. The molecule has 5 rings (SSSR count). The Morgan fingerprint density at radius 2 is 1.93 bits per heavy atom. The number of aromatic nitrogens is 1.